The van der Waals surface area contributed by atoms with Crippen LogP contribution < -0.4 is 10.5 Å². The highest BCUT2D eigenvalue weighted by molar-refractivity contribution is 6.37. The largest absolute Gasteiger partial charge is 0.496 e. The molecule has 6 heteroatoms. The summed E-state index contributed by atoms with van der Waals surface area (Å²) in [6.45, 7) is 0. The maximum atomic E-state index is 6.12. The molecule has 0 radical (unpaired) electrons. The van der Waals surface area contributed by atoms with Crippen molar-refractivity contribution in [1.82, 2.24) is 4.98 Å². The monoisotopic (exact) mass is 302 g/mol. The summed E-state index contributed by atoms with van der Waals surface area (Å²) in [6, 6.07) is 6.71. The molecule has 0 aliphatic rings. The van der Waals surface area contributed by atoms with Crippen LogP contribution in [0, 0.1) is 0 Å². The van der Waals surface area contributed by atoms with Crippen molar-refractivity contribution in [1.29, 1.82) is 0 Å². The number of halogens is 3. The Morgan fingerprint density at radius 2 is 1.83 bits per heavy atom. The van der Waals surface area contributed by atoms with Crippen molar-refractivity contribution in [3.05, 3.63) is 39.3 Å². The predicted molar refractivity (Wildman–Crippen MR) is 75.7 cm³/mol. The molecule has 0 fully saturated rings. The lowest BCUT2D eigenvalue weighted by atomic mass is 10.1. The van der Waals surface area contributed by atoms with Gasteiger partial charge < -0.3 is 10.5 Å². The topological polar surface area (TPSA) is 48.1 Å². The summed E-state index contributed by atoms with van der Waals surface area (Å²) in [6.07, 6.45) is 0. The molecule has 0 bridgehead atoms. The molecule has 0 atom stereocenters. The molecule has 1 aromatic heterocycles. The number of benzene rings is 1. The molecular weight excluding hydrogens is 295 g/mol. The summed E-state index contributed by atoms with van der Waals surface area (Å²) in [7, 11) is 1.56. The number of aromatic nitrogens is 1. The Kier molecular flexibility index (Phi) is 3.85. The summed E-state index contributed by atoms with van der Waals surface area (Å²) in [5.41, 5.74) is 6.83. The van der Waals surface area contributed by atoms with Crippen LogP contribution in [0.5, 0.6) is 5.75 Å². The zero-order chi connectivity index (χ0) is 13.3. The minimum Gasteiger partial charge on any atom is -0.496 e. The number of nitrogens with zero attached hydrogens (tertiary/aromatic N) is 1. The summed E-state index contributed by atoms with van der Waals surface area (Å²) in [5.74, 6) is 0.814. The first-order valence-corrected chi connectivity index (χ1v) is 6.11. The van der Waals surface area contributed by atoms with E-state index in [2.05, 4.69) is 4.98 Å². The van der Waals surface area contributed by atoms with E-state index >= 15 is 0 Å². The number of nitrogen functional groups attached to an aromatic ring is 1. The van der Waals surface area contributed by atoms with E-state index < -0.39 is 0 Å². The van der Waals surface area contributed by atoms with Gasteiger partial charge in [0.05, 0.1) is 22.8 Å². The summed E-state index contributed by atoms with van der Waals surface area (Å²) in [4.78, 5) is 4.17. The lowest BCUT2D eigenvalue weighted by Crippen LogP contribution is -1.96. The zero-order valence-corrected chi connectivity index (χ0v) is 11.6. The minimum atomic E-state index is 0.207. The first-order valence-electron chi connectivity index (χ1n) is 4.98. The average Bonchev–Trinajstić information content (AvgIpc) is 2.34. The number of hydrogen-bond acceptors (Lipinski definition) is 3. The zero-order valence-electron chi connectivity index (χ0n) is 9.38. The van der Waals surface area contributed by atoms with Crippen molar-refractivity contribution in [2.24, 2.45) is 0 Å². The van der Waals surface area contributed by atoms with Crippen LogP contribution in [0.15, 0.2) is 24.3 Å². The van der Waals surface area contributed by atoms with Crippen molar-refractivity contribution < 1.29 is 4.74 Å². The van der Waals surface area contributed by atoms with Gasteiger partial charge in [0.1, 0.15) is 11.6 Å². The molecule has 2 N–H and O–H groups in total. The normalized spacial score (nSPS) is 10.4. The smallest absolute Gasteiger partial charge is 0.143 e. The molecule has 1 aromatic carbocycles. The average molecular weight is 304 g/mol. The van der Waals surface area contributed by atoms with Gasteiger partial charge in [-0.2, -0.15) is 0 Å². The second kappa shape index (κ2) is 5.22. The highest BCUT2D eigenvalue weighted by Crippen LogP contribution is 2.37. The molecule has 0 aliphatic heterocycles. The quantitative estimate of drug-likeness (QED) is 0.900. The third-order valence-electron chi connectivity index (χ3n) is 2.37. The number of rotatable bonds is 2. The third-order valence-corrected chi connectivity index (χ3v) is 3.20. The molecule has 2 aromatic rings. The van der Waals surface area contributed by atoms with E-state index in [1.54, 1.807) is 31.4 Å². The second-order valence-electron chi connectivity index (χ2n) is 3.53. The Morgan fingerprint density at radius 1 is 1.11 bits per heavy atom. The van der Waals surface area contributed by atoms with Gasteiger partial charge in [0, 0.05) is 10.6 Å². The van der Waals surface area contributed by atoms with Gasteiger partial charge in [0.25, 0.3) is 0 Å². The number of methoxy groups -OCH3 is 1. The van der Waals surface area contributed by atoms with Crippen LogP contribution in [0.2, 0.25) is 15.1 Å². The molecule has 2 rings (SSSR count). The summed E-state index contributed by atoms with van der Waals surface area (Å²) >= 11 is 17.9. The van der Waals surface area contributed by atoms with E-state index in [-0.39, 0.29) is 5.82 Å². The van der Waals surface area contributed by atoms with Crippen LogP contribution in [0.1, 0.15) is 0 Å². The first-order chi connectivity index (χ1) is 8.52. The van der Waals surface area contributed by atoms with E-state index in [9.17, 15) is 0 Å². The number of anilines is 1. The minimum absolute atomic E-state index is 0.207. The van der Waals surface area contributed by atoms with E-state index in [1.807, 2.05) is 0 Å². The van der Waals surface area contributed by atoms with Gasteiger partial charge in [0.15, 0.2) is 0 Å². The van der Waals surface area contributed by atoms with Crippen molar-refractivity contribution in [3.8, 4) is 17.0 Å². The van der Waals surface area contributed by atoms with Crippen molar-refractivity contribution in [2.75, 3.05) is 12.8 Å². The molecule has 0 amide bonds. The Balaban J connectivity index is 2.68. The molecule has 0 aliphatic carbocycles. The first kappa shape index (κ1) is 13.3. The molecule has 0 saturated carbocycles. The Labute approximate surface area is 119 Å². The van der Waals surface area contributed by atoms with Crippen molar-refractivity contribution >= 4 is 40.6 Å². The van der Waals surface area contributed by atoms with Gasteiger partial charge in [-0.05, 0) is 24.3 Å². The lowest BCUT2D eigenvalue weighted by Gasteiger charge is -2.11. The van der Waals surface area contributed by atoms with Gasteiger partial charge in [0.2, 0.25) is 0 Å². The number of ether oxygens (including phenoxy) is 1. The van der Waals surface area contributed by atoms with Crippen LogP contribution in [0.3, 0.4) is 0 Å². The highest BCUT2D eigenvalue weighted by atomic mass is 35.5. The summed E-state index contributed by atoms with van der Waals surface area (Å²) < 4.78 is 5.25. The van der Waals surface area contributed by atoms with Crippen LogP contribution in [-0.2, 0) is 0 Å². The predicted octanol–water partition coefficient (Wildman–Crippen LogP) is 4.30. The Morgan fingerprint density at radius 3 is 2.50 bits per heavy atom. The Bertz CT molecular complexity index is 602. The number of hydrogen-bond donors (Lipinski definition) is 1. The SMILES string of the molecule is COc1ccc(Cl)cc1-c1nc(N)c(Cl)cc1Cl. The number of nitrogens with two attached hydrogens (primary N) is 1. The van der Waals surface area contributed by atoms with Crippen LogP contribution >= 0.6 is 34.8 Å². The molecule has 1 heterocycles. The molecule has 0 unspecified atom stereocenters. The molecule has 0 saturated heterocycles. The van der Waals surface area contributed by atoms with Crippen molar-refractivity contribution in [2.45, 2.75) is 0 Å². The van der Waals surface area contributed by atoms with E-state index in [4.69, 9.17) is 45.3 Å². The fourth-order valence-electron chi connectivity index (χ4n) is 1.53. The summed E-state index contributed by atoms with van der Waals surface area (Å²) in [5, 5.41) is 1.25. The van der Waals surface area contributed by atoms with E-state index in [0.29, 0.717) is 32.1 Å². The van der Waals surface area contributed by atoms with Gasteiger partial charge in [-0.25, -0.2) is 4.98 Å². The van der Waals surface area contributed by atoms with E-state index in [1.165, 1.54) is 0 Å². The molecule has 0 spiro atoms. The van der Waals surface area contributed by atoms with Gasteiger partial charge in [-0.1, -0.05) is 34.8 Å². The lowest BCUT2D eigenvalue weighted by molar-refractivity contribution is 0.416. The van der Waals surface area contributed by atoms with Crippen LogP contribution in [0.4, 0.5) is 5.82 Å². The maximum absolute atomic E-state index is 6.12. The third kappa shape index (κ3) is 2.48. The van der Waals surface area contributed by atoms with E-state index in [0.717, 1.165) is 0 Å². The standard InChI is InChI=1S/C12H9Cl3N2O/c1-18-10-3-2-6(13)4-7(10)11-8(14)5-9(15)12(16)17-11/h2-5H,1H3,(H2,16,17). The fraction of sp³-hybridized carbons (Fsp3) is 0.0833. The molecule has 94 valence electrons. The van der Waals surface area contributed by atoms with Crippen molar-refractivity contribution in [3.63, 3.8) is 0 Å². The second-order valence-corrected chi connectivity index (χ2v) is 4.78. The van der Waals surface area contributed by atoms with Gasteiger partial charge in [-0.15, -0.1) is 0 Å². The van der Waals surface area contributed by atoms with Crippen LogP contribution in [0.25, 0.3) is 11.3 Å². The Hall–Kier alpha value is -1.16. The highest BCUT2D eigenvalue weighted by Gasteiger charge is 2.14. The molecule has 18 heavy (non-hydrogen) atoms. The van der Waals surface area contributed by atoms with Gasteiger partial charge in [-0.3, -0.25) is 0 Å². The molecule has 3 nitrogen and oxygen atoms in total. The van der Waals surface area contributed by atoms with Crippen LogP contribution in [-0.4, -0.2) is 12.1 Å². The number of pyridine rings is 1. The molecular formula is C12H9Cl3N2O. The van der Waals surface area contributed by atoms with Gasteiger partial charge >= 0.3 is 0 Å². The maximum Gasteiger partial charge on any atom is 0.143 e. The fourth-order valence-corrected chi connectivity index (χ4v) is 2.17.